The van der Waals surface area contributed by atoms with Crippen LogP contribution < -0.4 is 5.32 Å². The third-order valence-electron chi connectivity index (χ3n) is 4.78. The number of carbonyl (C=O) groups is 2. The molecule has 0 fully saturated rings. The molecule has 158 valence electrons. The maximum absolute atomic E-state index is 12.5. The average Bonchev–Trinajstić information content (AvgIpc) is 3.33. The number of furan rings is 1. The molecule has 8 heteroatoms. The molecule has 2 heterocycles. The highest BCUT2D eigenvalue weighted by molar-refractivity contribution is 7.09. The number of aromatic nitrogens is 1. The number of carbonyl (C=O) groups excluding carboxylic acids is 2. The van der Waals surface area contributed by atoms with Crippen molar-refractivity contribution in [1.29, 1.82) is 0 Å². The minimum absolute atomic E-state index is 0.0149. The number of anilines is 1. The largest absolute Gasteiger partial charge is 0.453 e. The van der Waals surface area contributed by atoms with Gasteiger partial charge < -0.3 is 14.5 Å². The van der Waals surface area contributed by atoms with E-state index in [0.717, 1.165) is 16.6 Å². The van der Waals surface area contributed by atoms with Gasteiger partial charge >= 0.3 is 5.97 Å². The van der Waals surface area contributed by atoms with Gasteiger partial charge in [0.25, 0.3) is 0 Å². The van der Waals surface area contributed by atoms with Crippen molar-refractivity contribution in [2.24, 2.45) is 0 Å². The number of thiazole rings is 1. The van der Waals surface area contributed by atoms with Crippen LogP contribution in [0.2, 0.25) is 5.02 Å². The van der Waals surface area contributed by atoms with Gasteiger partial charge in [0.05, 0.1) is 17.1 Å². The Morgan fingerprint density at radius 2 is 1.97 bits per heavy atom. The smallest absolute Gasteiger partial charge is 0.374 e. The zero-order chi connectivity index (χ0) is 22.0. The Kier molecular flexibility index (Phi) is 6.06. The molecular formula is C23H19ClN2O4S. The zero-order valence-electron chi connectivity index (χ0n) is 16.9. The molecule has 1 N–H and O–H groups in total. The Morgan fingerprint density at radius 1 is 1.16 bits per heavy atom. The average molecular weight is 455 g/mol. The monoisotopic (exact) mass is 454 g/mol. The van der Waals surface area contributed by atoms with E-state index in [2.05, 4.69) is 10.3 Å². The van der Waals surface area contributed by atoms with Crippen LogP contribution in [0.15, 0.2) is 52.3 Å². The Balaban J connectivity index is 1.37. The van der Waals surface area contributed by atoms with Crippen molar-refractivity contribution >= 4 is 51.5 Å². The van der Waals surface area contributed by atoms with E-state index in [9.17, 15) is 9.59 Å². The van der Waals surface area contributed by atoms with Gasteiger partial charge in [-0.3, -0.25) is 4.79 Å². The first-order valence-corrected chi connectivity index (χ1v) is 10.8. The van der Waals surface area contributed by atoms with Crippen molar-refractivity contribution in [1.82, 2.24) is 4.98 Å². The van der Waals surface area contributed by atoms with Crippen LogP contribution in [0.4, 0.5) is 5.69 Å². The molecular weight excluding hydrogens is 436 g/mol. The second-order valence-electron chi connectivity index (χ2n) is 7.02. The number of fused-ring (bicyclic) bond motifs is 1. The molecule has 0 saturated carbocycles. The number of nitrogens with one attached hydrogen (secondary N) is 1. The van der Waals surface area contributed by atoms with Crippen LogP contribution in [0.25, 0.3) is 11.0 Å². The third kappa shape index (κ3) is 4.62. The van der Waals surface area contributed by atoms with Crippen LogP contribution in [0.3, 0.4) is 0 Å². The maximum atomic E-state index is 12.5. The first kappa shape index (κ1) is 21.1. The fourth-order valence-corrected chi connectivity index (χ4v) is 4.14. The summed E-state index contributed by atoms with van der Waals surface area (Å²) < 4.78 is 11.0. The molecule has 1 amide bonds. The van der Waals surface area contributed by atoms with Crippen molar-refractivity contribution < 1.29 is 18.7 Å². The predicted octanol–water partition coefficient (Wildman–Crippen LogP) is 5.70. The van der Waals surface area contributed by atoms with Gasteiger partial charge in [-0.1, -0.05) is 41.9 Å². The Hall–Kier alpha value is -3.16. The van der Waals surface area contributed by atoms with E-state index in [0.29, 0.717) is 26.9 Å². The van der Waals surface area contributed by atoms with E-state index >= 15 is 0 Å². The number of rotatable bonds is 6. The maximum Gasteiger partial charge on any atom is 0.374 e. The van der Waals surface area contributed by atoms with Crippen LogP contribution in [-0.2, 0) is 22.6 Å². The van der Waals surface area contributed by atoms with E-state index in [-0.39, 0.29) is 24.7 Å². The fourth-order valence-electron chi connectivity index (χ4n) is 3.15. The Morgan fingerprint density at radius 3 is 2.74 bits per heavy atom. The minimum Gasteiger partial charge on any atom is -0.453 e. The highest BCUT2D eigenvalue weighted by Crippen LogP contribution is 2.31. The third-order valence-corrected chi connectivity index (χ3v) is 5.98. The van der Waals surface area contributed by atoms with Crippen LogP contribution in [0, 0.1) is 13.8 Å². The number of amides is 1. The summed E-state index contributed by atoms with van der Waals surface area (Å²) in [4.78, 5) is 29.2. The lowest BCUT2D eigenvalue weighted by atomic mass is 10.1. The van der Waals surface area contributed by atoms with Gasteiger partial charge in [-0.2, -0.15) is 0 Å². The quantitative estimate of drug-likeness (QED) is 0.378. The highest BCUT2D eigenvalue weighted by atomic mass is 35.5. The molecule has 4 aromatic rings. The standard InChI is InChI=1S/C23H19ClN2O4S/c1-13-6-3-4-9-18(13)26-19(27)10-20-25-15(12-31-20)11-29-23(28)21-14(2)16-7-5-8-17(24)22(16)30-21/h3-9,12H,10-11H2,1-2H3,(H,26,27). The first-order valence-electron chi connectivity index (χ1n) is 9.56. The van der Waals surface area contributed by atoms with Crippen molar-refractivity contribution in [2.45, 2.75) is 26.9 Å². The van der Waals surface area contributed by atoms with E-state index < -0.39 is 5.97 Å². The van der Waals surface area contributed by atoms with Crippen molar-refractivity contribution in [3.05, 3.63) is 80.5 Å². The van der Waals surface area contributed by atoms with E-state index in [1.807, 2.05) is 37.3 Å². The predicted molar refractivity (Wildman–Crippen MR) is 121 cm³/mol. The summed E-state index contributed by atoms with van der Waals surface area (Å²) in [6.07, 6.45) is 0.147. The number of benzene rings is 2. The summed E-state index contributed by atoms with van der Waals surface area (Å²) in [5, 5.41) is 6.51. The molecule has 4 rings (SSSR count). The summed E-state index contributed by atoms with van der Waals surface area (Å²) in [5.74, 6) is -0.616. The molecule has 0 saturated heterocycles. The van der Waals surface area contributed by atoms with E-state index in [1.54, 1.807) is 24.4 Å². The van der Waals surface area contributed by atoms with Gasteiger partial charge in [-0.15, -0.1) is 11.3 Å². The van der Waals surface area contributed by atoms with E-state index in [1.165, 1.54) is 11.3 Å². The van der Waals surface area contributed by atoms with Crippen LogP contribution in [0.5, 0.6) is 0 Å². The lowest BCUT2D eigenvalue weighted by molar-refractivity contribution is -0.115. The Bertz CT molecular complexity index is 1280. The summed E-state index contributed by atoms with van der Waals surface area (Å²) in [5.41, 5.74) is 3.48. The van der Waals surface area contributed by atoms with Gasteiger partial charge in [-0.05, 0) is 31.5 Å². The number of hydrogen-bond donors (Lipinski definition) is 1. The normalized spacial score (nSPS) is 10.9. The summed E-state index contributed by atoms with van der Waals surface area (Å²) in [6, 6.07) is 12.9. The minimum atomic E-state index is -0.586. The lowest BCUT2D eigenvalue weighted by Gasteiger charge is -2.06. The molecule has 6 nitrogen and oxygen atoms in total. The highest BCUT2D eigenvalue weighted by Gasteiger charge is 2.21. The van der Waals surface area contributed by atoms with Gasteiger partial charge in [0.1, 0.15) is 11.6 Å². The molecule has 0 aliphatic rings. The van der Waals surface area contributed by atoms with Crippen molar-refractivity contribution in [3.8, 4) is 0 Å². The number of nitrogens with zero attached hydrogens (tertiary/aromatic N) is 1. The fraction of sp³-hybridized carbons (Fsp3) is 0.174. The second kappa shape index (κ2) is 8.91. The molecule has 2 aromatic carbocycles. The van der Waals surface area contributed by atoms with Gasteiger partial charge in [0.2, 0.25) is 11.7 Å². The van der Waals surface area contributed by atoms with Crippen molar-refractivity contribution in [2.75, 3.05) is 5.32 Å². The Labute approximate surface area is 187 Å². The zero-order valence-corrected chi connectivity index (χ0v) is 18.5. The lowest BCUT2D eigenvalue weighted by Crippen LogP contribution is -2.15. The second-order valence-corrected chi connectivity index (χ2v) is 8.37. The molecule has 2 aromatic heterocycles. The first-order chi connectivity index (χ1) is 14.9. The molecule has 0 unspecified atom stereocenters. The summed E-state index contributed by atoms with van der Waals surface area (Å²) in [6.45, 7) is 3.70. The summed E-state index contributed by atoms with van der Waals surface area (Å²) in [7, 11) is 0. The number of aryl methyl sites for hydroxylation is 2. The number of ether oxygens (including phenoxy) is 1. The molecule has 31 heavy (non-hydrogen) atoms. The summed E-state index contributed by atoms with van der Waals surface area (Å²) >= 11 is 7.48. The number of esters is 1. The molecule has 0 atom stereocenters. The van der Waals surface area contributed by atoms with Crippen molar-refractivity contribution in [3.63, 3.8) is 0 Å². The van der Waals surface area contributed by atoms with Gasteiger partial charge in [-0.25, -0.2) is 9.78 Å². The molecule has 0 spiro atoms. The van der Waals surface area contributed by atoms with E-state index in [4.69, 9.17) is 20.8 Å². The van der Waals surface area contributed by atoms with Gasteiger partial charge in [0.15, 0.2) is 5.58 Å². The molecule has 0 bridgehead atoms. The number of hydrogen-bond acceptors (Lipinski definition) is 6. The molecule has 0 radical (unpaired) electrons. The van der Waals surface area contributed by atoms with Crippen LogP contribution in [-0.4, -0.2) is 16.9 Å². The van der Waals surface area contributed by atoms with Crippen LogP contribution in [0.1, 0.15) is 32.4 Å². The van der Waals surface area contributed by atoms with Crippen LogP contribution >= 0.6 is 22.9 Å². The van der Waals surface area contributed by atoms with Gasteiger partial charge in [0, 0.05) is 22.0 Å². The molecule has 0 aliphatic heterocycles. The number of para-hydroxylation sites is 2. The number of halogens is 1. The molecule has 0 aliphatic carbocycles. The SMILES string of the molecule is Cc1ccccc1NC(=O)Cc1nc(COC(=O)c2oc3c(Cl)cccc3c2C)cs1. The topological polar surface area (TPSA) is 81.4 Å².